The highest BCUT2D eigenvalue weighted by Crippen LogP contribution is 2.14. The van der Waals surface area contributed by atoms with Gasteiger partial charge in [-0.2, -0.15) is 0 Å². The van der Waals surface area contributed by atoms with Crippen molar-refractivity contribution in [3.63, 3.8) is 0 Å². The van der Waals surface area contributed by atoms with Crippen LogP contribution < -0.4 is 10.5 Å². The van der Waals surface area contributed by atoms with Crippen molar-refractivity contribution in [3.05, 3.63) is 29.8 Å². The van der Waals surface area contributed by atoms with E-state index >= 15 is 0 Å². The number of halogens is 1. The third-order valence-electron chi connectivity index (χ3n) is 2.85. The van der Waals surface area contributed by atoms with Crippen molar-refractivity contribution >= 4 is 21.9 Å². The van der Waals surface area contributed by atoms with Crippen molar-refractivity contribution in [1.82, 2.24) is 0 Å². The molecule has 0 fully saturated rings. The molecule has 0 radical (unpaired) electrons. The first kappa shape index (κ1) is 16.9. The average molecular weight is 346 g/mol. The molecule has 0 bridgehead atoms. The normalized spacial score (nSPS) is 13.8. The summed E-state index contributed by atoms with van der Waals surface area (Å²) < 4.78 is 5.43. The van der Waals surface area contributed by atoms with Gasteiger partial charge in [-0.3, -0.25) is 4.79 Å². The molecule has 0 aliphatic carbocycles. The van der Waals surface area contributed by atoms with Crippen LogP contribution in [-0.4, -0.2) is 40.3 Å². The molecule has 0 saturated carbocycles. The molecule has 1 aromatic rings. The van der Waals surface area contributed by atoms with Crippen LogP contribution in [0.1, 0.15) is 18.4 Å². The lowest BCUT2D eigenvalue weighted by molar-refractivity contribution is -0.137. The molecule has 2 atom stereocenters. The fraction of sp³-hybridized carbons (Fsp3) is 0.500. The second kappa shape index (κ2) is 8.94. The summed E-state index contributed by atoms with van der Waals surface area (Å²) in [4.78, 5) is 10.3. The molecule has 112 valence electrons. The molecule has 0 aliphatic rings. The number of rotatable bonds is 9. The molecule has 0 aliphatic heterocycles. The number of aliphatic hydroxyl groups is 1. The summed E-state index contributed by atoms with van der Waals surface area (Å²) in [6, 6.07) is 7.13. The maximum atomic E-state index is 10.3. The van der Waals surface area contributed by atoms with Gasteiger partial charge in [0.05, 0.1) is 12.7 Å². The molecule has 1 aromatic carbocycles. The van der Waals surface area contributed by atoms with E-state index in [4.69, 9.17) is 15.6 Å². The second-order valence-electron chi connectivity index (χ2n) is 4.58. The number of hydrogen-bond acceptors (Lipinski definition) is 4. The Morgan fingerprint density at radius 3 is 2.55 bits per heavy atom. The lowest BCUT2D eigenvalue weighted by atomic mass is 10.0. The third-order valence-corrected chi connectivity index (χ3v) is 3.51. The largest absolute Gasteiger partial charge is 0.494 e. The average Bonchev–Trinajstić information content (AvgIpc) is 2.44. The number of ether oxygens (including phenoxy) is 1. The fourth-order valence-electron chi connectivity index (χ4n) is 1.66. The summed E-state index contributed by atoms with van der Waals surface area (Å²) >= 11 is 3.19. The zero-order valence-corrected chi connectivity index (χ0v) is 12.8. The highest BCUT2D eigenvalue weighted by atomic mass is 79.9. The number of carboxylic acids is 1. The van der Waals surface area contributed by atoms with Gasteiger partial charge in [0.1, 0.15) is 5.75 Å². The van der Waals surface area contributed by atoms with Gasteiger partial charge < -0.3 is 20.7 Å². The van der Waals surface area contributed by atoms with E-state index in [1.807, 2.05) is 24.3 Å². The van der Waals surface area contributed by atoms with Gasteiger partial charge in [-0.1, -0.05) is 28.1 Å². The molecule has 20 heavy (non-hydrogen) atoms. The van der Waals surface area contributed by atoms with E-state index in [9.17, 15) is 9.90 Å². The number of nitrogens with two attached hydrogens (primary N) is 1. The summed E-state index contributed by atoms with van der Waals surface area (Å²) in [5, 5.41) is 18.5. The van der Waals surface area contributed by atoms with Gasteiger partial charge in [-0.25, -0.2) is 0 Å². The Morgan fingerprint density at radius 2 is 2.00 bits per heavy atom. The molecule has 6 heteroatoms. The van der Waals surface area contributed by atoms with Crippen molar-refractivity contribution in [3.8, 4) is 5.75 Å². The molecule has 0 spiro atoms. The molecule has 0 saturated heterocycles. The molecular formula is C14H20BrNO4. The predicted octanol–water partition coefficient (Wildman–Crippen LogP) is 1.56. The maximum Gasteiger partial charge on any atom is 0.303 e. The van der Waals surface area contributed by atoms with Gasteiger partial charge in [0.2, 0.25) is 0 Å². The minimum absolute atomic E-state index is 0.109. The summed E-state index contributed by atoms with van der Waals surface area (Å²) in [5.41, 5.74) is 6.88. The zero-order valence-electron chi connectivity index (χ0n) is 11.2. The number of aliphatic carboxylic acids is 1. The van der Waals surface area contributed by atoms with Crippen molar-refractivity contribution in [2.75, 3.05) is 11.9 Å². The molecule has 0 heterocycles. The first-order valence-corrected chi connectivity index (χ1v) is 7.58. The smallest absolute Gasteiger partial charge is 0.303 e. The Labute approximate surface area is 126 Å². The van der Waals surface area contributed by atoms with Gasteiger partial charge in [0, 0.05) is 17.8 Å². The van der Waals surface area contributed by atoms with Crippen LogP contribution in [0.3, 0.4) is 0 Å². The van der Waals surface area contributed by atoms with E-state index < -0.39 is 12.1 Å². The lowest BCUT2D eigenvalue weighted by Crippen LogP contribution is -2.37. The molecule has 0 amide bonds. The lowest BCUT2D eigenvalue weighted by Gasteiger charge is -2.16. The van der Waals surface area contributed by atoms with E-state index in [2.05, 4.69) is 15.9 Å². The molecule has 4 N–H and O–H groups in total. The number of alkyl halides is 1. The minimum atomic E-state index is -0.816. The topological polar surface area (TPSA) is 92.8 Å². The maximum absolute atomic E-state index is 10.3. The number of hydrogen-bond donors (Lipinski definition) is 3. The van der Waals surface area contributed by atoms with Crippen LogP contribution in [0.5, 0.6) is 5.75 Å². The zero-order chi connectivity index (χ0) is 15.0. The van der Waals surface area contributed by atoms with Crippen molar-refractivity contribution in [2.24, 2.45) is 5.73 Å². The van der Waals surface area contributed by atoms with Gasteiger partial charge >= 0.3 is 5.97 Å². The van der Waals surface area contributed by atoms with Gasteiger partial charge in [-0.15, -0.1) is 0 Å². The number of benzene rings is 1. The fourth-order valence-corrected chi connectivity index (χ4v) is 2.14. The van der Waals surface area contributed by atoms with Crippen LogP contribution in [0.25, 0.3) is 0 Å². The SMILES string of the molecule is N[C@@H](Cc1ccc(OCCCC(=O)O)cc1)[C@@H](O)CBr. The highest BCUT2D eigenvalue weighted by molar-refractivity contribution is 9.09. The van der Waals surface area contributed by atoms with Crippen LogP contribution in [0, 0.1) is 0 Å². The van der Waals surface area contributed by atoms with Crippen LogP contribution in [0.4, 0.5) is 0 Å². The highest BCUT2D eigenvalue weighted by Gasteiger charge is 2.13. The molecule has 1 rings (SSSR count). The number of carbonyl (C=O) groups is 1. The van der Waals surface area contributed by atoms with E-state index in [0.29, 0.717) is 30.5 Å². The Balaban J connectivity index is 2.38. The van der Waals surface area contributed by atoms with Crippen LogP contribution in [0.2, 0.25) is 0 Å². The minimum Gasteiger partial charge on any atom is -0.494 e. The van der Waals surface area contributed by atoms with E-state index in [1.54, 1.807) is 0 Å². The molecular weight excluding hydrogens is 326 g/mol. The van der Waals surface area contributed by atoms with Crippen LogP contribution in [-0.2, 0) is 11.2 Å². The van der Waals surface area contributed by atoms with E-state index in [-0.39, 0.29) is 12.5 Å². The number of carboxylic acid groups (broad SMARTS) is 1. The van der Waals surface area contributed by atoms with Crippen LogP contribution in [0.15, 0.2) is 24.3 Å². The van der Waals surface area contributed by atoms with Gasteiger partial charge in [0.15, 0.2) is 0 Å². The predicted molar refractivity (Wildman–Crippen MR) is 80.3 cm³/mol. The Morgan fingerprint density at radius 1 is 1.35 bits per heavy atom. The van der Waals surface area contributed by atoms with Crippen molar-refractivity contribution in [1.29, 1.82) is 0 Å². The summed E-state index contributed by atoms with van der Waals surface area (Å²) in [7, 11) is 0. The van der Waals surface area contributed by atoms with E-state index in [1.165, 1.54) is 0 Å². The molecule has 0 unspecified atom stereocenters. The Bertz CT molecular complexity index is 410. The first-order chi connectivity index (χ1) is 9.52. The van der Waals surface area contributed by atoms with Crippen LogP contribution >= 0.6 is 15.9 Å². The van der Waals surface area contributed by atoms with Crippen molar-refractivity contribution < 1.29 is 19.7 Å². The Hall–Kier alpha value is -1.11. The summed E-state index contributed by atoms with van der Waals surface area (Å²) in [5.74, 6) is -0.114. The van der Waals surface area contributed by atoms with E-state index in [0.717, 1.165) is 5.56 Å². The van der Waals surface area contributed by atoms with Gasteiger partial charge in [0.25, 0.3) is 0 Å². The third kappa shape index (κ3) is 6.36. The monoisotopic (exact) mass is 345 g/mol. The molecule has 0 aromatic heterocycles. The number of aliphatic hydroxyl groups excluding tert-OH is 1. The second-order valence-corrected chi connectivity index (χ2v) is 5.23. The Kier molecular flexibility index (Phi) is 7.58. The van der Waals surface area contributed by atoms with Gasteiger partial charge in [-0.05, 0) is 30.5 Å². The first-order valence-electron chi connectivity index (χ1n) is 6.46. The summed E-state index contributed by atoms with van der Waals surface area (Å²) in [6.07, 6.45) is 0.616. The standard InChI is InChI=1S/C14H20BrNO4/c15-9-13(17)12(16)8-10-3-5-11(6-4-10)20-7-1-2-14(18)19/h3-6,12-13,17H,1-2,7-9,16H2,(H,18,19)/t12-,13-/m0/s1. The summed E-state index contributed by atoms with van der Waals surface area (Å²) in [6.45, 7) is 0.382. The quantitative estimate of drug-likeness (QED) is 0.466. The van der Waals surface area contributed by atoms with Crippen molar-refractivity contribution in [2.45, 2.75) is 31.4 Å². The molecule has 5 nitrogen and oxygen atoms in total.